The number of likely N-dealkylation sites (N-methyl/N-ethyl adjacent to an activating group) is 1. The molecule has 0 saturated heterocycles. The molecular formula is C12H21NO3. The maximum Gasteiger partial charge on any atom is 0.226 e. The van der Waals surface area contributed by atoms with Crippen molar-refractivity contribution in [3.8, 4) is 0 Å². The van der Waals surface area contributed by atoms with Crippen molar-refractivity contribution in [3.63, 3.8) is 0 Å². The van der Waals surface area contributed by atoms with Gasteiger partial charge in [-0.1, -0.05) is 6.42 Å². The van der Waals surface area contributed by atoms with Gasteiger partial charge in [0.05, 0.1) is 12.7 Å². The zero-order valence-electron chi connectivity index (χ0n) is 10.1. The minimum atomic E-state index is -0.572. The molecular weight excluding hydrogens is 206 g/mol. The summed E-state index contributed by atoms with van der Waals surface area (Å²) in [7, 11) is 3.32. The van der Waals surface area contributed by atoms with Crippen molar-refractivity contribution in [1.82, 2.24) is 4.90 Å². The quantitative estimate of drug-likeness (QED) is 0.744. The van der Waals surface area contributed by atoms with Crippen molar-refractivity contribution in [3.05, 3.63) is 0 Å². The smallest absolute Gasteiger partial charge is 0.226 e. The highest BCUT2D eigenvalue weighted by Gasteiger charge is 2.57. The third-order valence-electron chi connectivity index (χ3n) is 3.91. The Kier molecular flexibility index (Phi) is 3.50. The Hall–Kier alpha value is -0.610. The van der Waals surface area contributed by atoms with Crippen LogP contribution in [0.25, 0.3) is 0 Å². The number of hydrogen-bond donors (Lipinski definition) is 1. The Bertz CT molecular complexity index is 259. The van der Waals surface area contributed by atoms with Gasteiger partial charge in [0, 0.05) is 26.6 Å². The second-order valence-corrected chi connectivity index (χ2v) is 5.11. The average molecular weight is 227 g/mol. The first kappa shape index (κ1) is 11.9. The van der Waals surface area contributed by atoms with Gasteiger partial charge in [0.1, 0.15) is 0 Å². The summed E-state index contributed by atoms with van der Waals surface area (Å²) in [6, 6.07) is 0. The standard InChI is InChI=1S/C12H21NO3/c1-13(6-8(14)7-16-2)12(15)11-9-4-3-5-10(9)11/h8-11,14H,3-7H2,1-2H3. The number of aliphatic hydroxyl groups is 1. The Labute approximate surface area is 96.6 Å². The normalized spacial score (nSPS) is 33.3. The summed E-state index contributed by atoms with van der Waals surface area (Å²) in [5.74, 6) is 1.77. The van der Waals surface area contributed by atoms with Crippen LogP contribution in [0.5, 0.6) is 0 Å². The second kappa shape index (κ2) is 4.72. The van der Waals surface area contributed by atoms with Crippen molar-refractivity contribution in [1.29, 1.82) is 0 Å². The molecule has 16 heavy (non-hydrogen) atoms. The van der Waals surface area contributed by atoms with E-state index in [4.69, 9.17) is 4.74 Å². The first-order chi connectivity index (χ1) is 7.65. The molecule has 0 aromatic rings. The molecule has 2 aliphatic rings. The highest BCUT2D eigenvalue weighted by Crippen LogP contribution is 2.57. The number of carbonyl (C=O) groups excluding carboxylic acids is 1. The predicted molar refractivity (Wildman–Crippen MR) is 59.8 cm³/mol. The summed E-state index contributed by atoms with van der Waals surface area (Å²) in [5.41, 5.74) is 0. The van der Waals surface area contributed by atoms with Gasteiger partial charge in [-0.2, -0.15) is 0 Å². The number of amides is 1. The number of rotatable bonds is 5. The van der Waals surface area contributed by atoms with Crippen LogP contribution in [-0.4, -0.2) is 49.3 Å². The molecule has 0 aliphatic heterocycles. The lowest BCUT2D eigenvalue weighted by atomic mass is 10.1. The van der Waals surface area contributed by atoms with E-state index in [1.165, 1.54) is 19.3 Å². The van der Waals surface area contributed by atoms with Crippen LogP contribution in [0.2, 0.25) is 0 Å². The van der Waals surface area contributed by atoms with Crippen molar-refractivity contribution < 1.29 is 14.6 Å². The van der Waals surface area contributed by atoms with E-state index in [1.54, 1.807) is 19.1 Å². The summed E-state index contributed by atoms with van der Waals surface area (Å²) in [4.78, 5) is 13.7. The first-order valence-electron chi connectivity index (χ1n) is 6.07. The molecule has 2 aliphatic carbocycles. The second-order valence-electron chi connectivity index (χ2n) is 5.11. The number of hydrogen-bond acceptors (Lipinski definition) is 3. The Morgan fingerprint density at radius 2 is 2.12 bits per heavy atom. The fourth-order valence-corrected chi connectivity index (χ4v) is 3.09. The van der Waals surface area contributed by atoms with Crippen molar-refractivity contribution in [2.24, 2.45) is 17.8 Å². The molecule has 4 nitrogen and oxygen atoms in total. The molecule has 2 fully saturated rings. The Morgan fingerprint density at radius 3 is 2.69 bits per heavy atom. The monoisotopic (exact) mass is 227 g/mol. The molecule has 2 saturated carbocycles. The molecule has 3 unspecified atom stereocenters. The Balaban J connectivity index is 1.77. The topological polar surface area (TPSA) is 49.8 Å². The fourth-order valence-electron chi connectivity index (χ4n) is 3.09. The van der Waals surface area contributed by atoms with E-state index < -0.39 is 6.10 Å². The highest BCUT2D eigenvalue weighted by molar-refractivity contribution is 5.82. The SMILES string of the molecule is COCC(O)CN(C)C(=O)C1C2CCCC21. The van der Waals surface area contributed by atoms with Gasteiger partial charge in [-0.15, -0.1) is 0 Å². The molecule has 1 amide bonds. The van der Waals surface area contributed by atoms with E-state index in [0.717, 1.165) is 0 Å². The molecule has 2 rings (SSSR count). The van der Waals surface area contributed by atoms with Crippen LogP contribution in [0.1, 0.15) is 19.3 Å². The van der Waals surface area contributed by atoms with Crippen LogP contribution in [0.3, 0.4) is 0 Å². The number of nitrogens with zero attached hydrogens (tertiary/aromatic N) is 1. The number of ether oxygens (including phenoxy) is 1. The van der Waals surface area contributed by atoms with E-state index in [2.05, 4.69) is 0 Å². The lowest BCUT2D eigenvalue weighted by Gasteiger charge is -2.21. The van der Waals surface area contributed by atoms with E-state index in [9.17, 15) is 9.90 Å². The molecule has 92 valence electrons. The van der Waals surface area contributed by atoms with Crippen LogP contribution < -0.4 is 0 Å². The van der Waals surface area contributed by atoms with Gasteiger partial charge in [0.2, 0.25) is 5.91 Å². The van der Waals surface area contributed by atoms with E-state index in [-0.39, 0.29) is 18.4 Å². The minimum Gasteiger partial charge on any atom is -0.389 e. The van der Waals surface area contributed by atoms with Gasteiger partial charge in [0.15, 0.2) is 0 Å². The fraction of sp³-hybridized carbons (Fsp3) is 0.917. The minimum absolute atomic E-state index is 0.213. The molecule has 0 heterocycles. The molecule has 0 aromatic heterocycles. The van der Waals surface area contributed by atoms with Gasteiger partial charge in [0.25, 0.3) is 0 Å². The largest absolute Gasteiger partial charge is 0.389 e. The van der Waals surface area contributed by atoms with E-state index >= 15 is 0 Å². The van der Waals surface area contributed by atoms with Crippen molar-refractivity contribution in [2.75, 3.05) is 27.3 Å². The van der Waals surface area contributed by atoms with Gasteiger partial charge >= 0.3 is 0 Å². The maximum atomic E-state index is 12.0. The van der Waals surface area contributed by atoms with Crippen LogP contribution >= 0.6 is 0 Å². The molecule has 4 heteroatoms. The summed E-state index contributed by atoms with van der Waals surface area (Å²) in [6.45, 7) is 0.664. The van der Waals surface area contributed by atoms with Crippen LogP contribution in [0.4, 0.5) is 0 Å². The molecule has 0 aromatic carbocycles. The average Bonchev–Trinajstić information content (AvgIpc) is 2.70. The van der Waals surface area contributed by atoms with Gasteiger partial charge in [-0.3, -0.25) is 4.79 Å². The summed E-state index contributed by atoms with van der Waals surface area (Å²) in [6.07, 6.45) is 3.15. The van der Waals surface area contributed by atoms with Gasteiger partial charge < -0.3 is 14.7 Å². The van der Waals surface area contributed by atoms with Crippen LogP contribution in [0.15, 0.2) is 0 Å². The number of fused-ring (bicyclic) bond motifs is 1. The van der Waals surface area contributed by atoms with Crippen molar-refractivity contribution >= 4 is 5.91 Å². The summed E-state index contributed by atoms with van der Waals surface area (Å²) in [5, 5.41) is 9.55. The molecule has 0 radical (unpaired) electrons. The maximum absolute atomic E-state index is 12.0. The van der Waals surface area contributed by atoms with Gasteiger partial charge in [-0.05, 0) is 24.7 Å². The zero-order chi connectivity index (χ0) is 11.7. The highest BCUT2D eigenvalue weighted by atomic mass is 16.5. The number of methoxy groups -OCH3 is 1. The molecule has 0 bridgehead atoms. The molecule has 3 atom stereocenters. The number of carbonyl (C=O) groups is 1. The summed E-state index contributed by atoms with van der Waals surface area (Å²) >= 11 is 0. The lowest BCUT2D eigenvalue weighted by molar-refractivity contribution is -0.133. The summed E-state index contributed by atoms with van der Waals surface area (Å²) < 4.78 is 4.85. The van der Waals surface area contributed by atoms with Crippen LogP contribution in [-0.2, 0) is 9.53 Å². The third kappa shape index (κ3) is 2.23. The lowest BCUT2D eigenvalue weighted by Crippen LogP contribution is -2.37. The zero-order valence-corrected chi connectivity index (χ0v) is 10.1. The van der Waals surface area contributed by atoms with Gasteiger partial charge in [-0.25, -0.2) is 0 Å². The number of aliphatic hydroxyl groups excluding tert-OH is 1. The predicted octanol–water partition coefficient (Wildman–Crippen LogP) is 0.498. The third-order valence-corrected chi connectivity index (χ3v) is 3.91. The Morgan fingerprint density at radius 1 is 1.50 bits per heavy atom. The van der Waals surface area contributed by atoms with E-state index in [0.29, 0.717) is 18.4 Å². The molecule has 1 N–H and O–H groups in total. The first-order valence-corrected chi connectivity index (χ1v) is 6.07. The van der Waals surface area contributed by atoms with Crippen molar-refractivity contribution in [2.45, 2.75) is 25.4 Å². The molecule has 0 spiro atoms. The van der Waals surface area contributed by atoms with E-state index in [1.807, 2.05) is 0 Å². The van der Waals surface area contributed by atoms with Crippen LogP contribution in [0, 0.1) is 17.8 Å².